The standard InChI is InChI=1S/C17H31N5OS/c1-12(2)15-11-24-16(21-15)9-20-17(18-5)19-8-13(3)22-6-7-23-10-14(22)4/h11-14H,6-10H2,1-5H3,(H2,18,19,20). The topological polar surface area (TPSA) is 61.8 Å². The van der Waals surface area contributed by atoms with Crippen molar-refractivity contribution < 1.29 is 4.74 Å². The van der Waals surface area contributed by atoms with Crippen molar-refractivity contribution in [3.8, 4) is 0 Å². The summed E-state index contributed by atoms with van der Waals surface area (Å²) in [4.78, 5) is 11.4. The molecule has 0 radical (unpaired) electrons. The Morgan fingerprint density at radius 3 is 2.88 bits per heavy atom. The lowest BCUT2D eigenvalue weighted by Crippen LogP contribution is -2.52. The summed E-state index contributed by atoms with van der Waals surface area (Å²) in [5.41, 5.74) is 1.16. The van der Waals surface area contributed by atoms with Crippen LogP contribution in [0.4, 0.5) is 0 Å². The molecule has 6 nitrogen and oxygen atoms in total. The number of nitrogens with one attached hydrogen (secondary N) is 2. The summed E-state index contributed by atoms with van der Waals surface area (Å²) in [5, 5.41) is 10.0. The van der Waals surface area contributed by atoms with E-state index in [0.717, 1.165) is 43.0 Å². The lowest BCUT2D eigenvalue weighted by atomic mass is 10.2. The van der Waals surface area contributed by atoms with E-state index in [9.17, 15) is 0 Å². The van der Waals surface area contributed by atoms with Gasteiger partial charge in [0.2, 0.25) is 0 Å². The van der Waals surface area contributed by atoms with Crippen LogP contribution in [0.25, 0.3) is 0 Å². The van der Waals surface area contributed by atoms with Gasteiger partial charge in [-0.2, -0.15) is 0 Å². The molecule has 1 saturated heterocycles. The van der Waals surface area contributed by atoms with E-state index in [0.29, 0.717) is 24.5 Å². The first-order valence-electron chi connectivity index (χ1n) is 8.73. The van der Waals surface area contributed by atoms with Gasteiger partial charge in [0.1, 0.15) is 5.01 Å². The molecule has 1 aliphatic heterocycles. The number of aromatic nitrogens is 1. The maximum atomic E-state index is 5.51. The molecule has 1 aliphatic rings. The Morgan fingerprint density at radius 1 is 1.46 bits per heavy atom. The fourth-order valence-corrected chi connectivity index (χ4v) is 3.70. The molecular formula is C17H31N5OS. The van der Waals surface area contributed by atoms with Crippen molar-refractivity contribution in [2.45, 2.75) is 52.2 Å². The molecule has 0 saturated carbocycles. The molecule has 0 spiro atoms. The van der Waals surface area contributed by atoms with Crippen molar-refractivity contribution in [2.75, 3.05) is 33.4 Å². The highest BCUT2D eigenvalue weighted by Crippen LogP contribution is 2.17. The highest BCUT2D eigenvalue weighted by molar-refractivity contribution is 7.09. The third-order valence-electron chi connectivity index (χ3n) is 4.34. The van der Waals surface area contributed by atoms with E-state index < -0.39 is 0 Å². The summed E-state index contributed by atoms with van der Waals surface area (Å²) >= 11 is 1.70. The average Bonchev–Trinajstić information content (AvgIpc) is 3.04. The molecule has 1 aromatic rings. The van der Waals surface area contributed by atoms with E-state index in [1.165, 1.54) is 0 Å². The molecule has 1 aromatic heterocycles. The second-order valence-electron chi connectivity index (χ2n) is 6.64. The minimum absolute atomic E-state index is 0.440. The van der Waals surface area contributed by atoms with Crippen LogP contribution in [0.2, 0.25) is 0 Å². The third kappa shape index (κ3) is 5.43. The number of aliphatic imine (C=N–C) groups is 1. The van der Waals surface area contributed by atoms with E-state index in [-0.39, 0.29) is 0 Å². The van der Waals surface area contributed by atoms with Gasteiger partial charge in [0.05, 0.1) is 25.5 Å². The van der Waals surface area contributed by atoms with Crippen LogP contribution in [0.15, 0.2) is 10.4 Å². The van der Waals surface area contributed by atoms with Crippen molar-refractivity contribution in [2.24, 2.45) is 4.99 Å². The van der Waals surface area contributed by atoms with Crippen LogP contribution in [-0.2, 0) is 11.3 Å². The Labute approximate surface area is 149 Å². The lowest BCUT2D eigenvalue weighted by Gasteiger charge is -2.38. The van der Waals surface area contributed by atoms with Gasteiger partial charge in [0.15, 0.2) is 5.96 Å². The number of guanidine groups is 1. The number of nitrogens with zero attached hydrogens (tertiary/aromatic N) is 3. The predicted octanol–water partition coefficient (Wildman–Crippen LogP) is 2.04. The van der Waals surface area contributed by atoms with Gasteiger partial charge in [0.25, 0.3) is 0 Å². The van der Waals surface area contributed by atoms with Crippen molar-refractivity contribution >= 4 is 17.3 Å². The summed E-state index contributed by atoms with van der Waals surface area (Å²) in [6.07, 6.45) is 0. The van der Waals surface area contributed by atoms with Crippen LogP contribution in [0.1, 0.15) is 44.3 Å². The fourth-order valence-electron chi connectivity index (χ4n) is 2.81. The highest BCUT2D eigenvalue weighted by atomic mass is 32.1. The van der Waals surface area contributed by atoms with Crippen LogP contribution >= 0.6 is 11.3 Å². The van der Waals surface area contributed by atoms with E-state index >= 15 is 0 Å². The number of ether oxygens (including phenoxy) is 1. The van der Waals surface area contributed by atoms with E-state index in [1.54, 1.807) is 18.4 Å². The largest absolute Gasteiger partial charge is 0.379 e. The second kappa shape index (κ2) is 9.34. The Bertz CT molecular complexity index is 531. The molecule has 2 unspecified atom stereocenters. The quantitative estimate of drug-likeness (QED) is 0.605. The molecule has 2 atom stereocenters. The summed E-state index contributed by atoms with van der Waals surface area (Å²) in [7, 11) is 1.80. The van der Waals surface area contributed by atoms with E-state index in [1.807, 2.05) is 0 Å². The van der Waals surface area contributed by atoms with Crippen LogP contribution in [0.5, 0.6) is 0 Å². The smallest absolute Gasteiger partial charge is 0.191 e. The monoisotopic (exact) mass is 353 g/mol. The fraction of sp³-hybridized carbons (Fsp3) is 0.765. The van der Waals surface area contributed by atoms with Gasteiger partial charge >= 0.3 is 0 Å². The first-order valence-corrected chi connectivity index (χ1v) is 9.61. The molecule has 2 heterocycles. The SMILES string of the molecule is CN=C(NCc1nc(C(C)C)cs1)NCC(C)N1CCOCC1C. The minimum Gasteiger partial charge on any atom is -0.379 e. The Balaban J connectivity index is 1.77. The van der Waals surface area contributed by atoms with Crippen molar-refractivity contribution in [3.63, 3.8) is 0 Å². The number of morpholine rings is 1. The highest BCUT2D eigenvalue weighted by Gasteiger charge is 2.23. The predicted molar refractivity (Wildman–Crippen MR) is 101 cm³/mol. The number of thiazole rings is 1. The molecule has 136 valence electrons. The summed E-state index contributed by atoms with van der Waals surface area (Å²) in [6.45, 7) is 13.0. The van der Waals surface area contributed by atoms with Gasteiger partial charge in [-0.1, -0.05) is 13.8 Å². The van der Waals surface area contributed by atoms with Gasteiger partial charge in [-0.05, 0) is 19.8 Å². The van der Waals surface area contributed by atoms with Crippen molar-refractivity contribution in [3.05, 3.63) is 16.1 Å². The maximum absolute atomic E-state index is 5.51. The molecule has 24 heavy (non-hydrogen) atoms. The summed E-state index contributed by atoms with van der Waals surface area (Å²) in [5.74, 6) is 1.30. The molecular weight excluding hydrogens is 322 g/mol. The lowest BCUT2D eigenvalue weighted by molar-refractivity contribution is -0.0174. The molecule has 1 fully saturated rings. The summed E-state index contributed by atoms with van der Waals surface area (Å²) < 4.78 is 5.51. The second-order valence-corrected chi connectivity index (χ2v) is 7.58. The third-order valence-corrected chi connectivity index (χ3v) is 5.21. The first-order chi connectivity index (χ1) is 11.5. The normalized spacial score (nSPS) is 21.1. The van der Waals surface area contributed by atoms with Gasteiger partial charge in [-0.25, -0.2) is 4.98 Å². The number of hydrogen-bond donors (Lipinski definition) is 2. The molecule has 0 aliphatic carbocycles. The Hall–Kier alpha value is -1.18. The van der Waals surface area contributed by atoms with Crippen LogP contribution < -0.4 is 10.6 Å². The zero-order chi connectivity index (χ0) is 17.5. The van der Waals surface area contributed by atoms with Crippen molar-refractivity contribution in [1.82, 2.24) is 20.5 Å². The number of rotatable bonds is 6. The van der Waals surface area contributed by atoms with Gasteiger partial charge in [-0.3, -0.25) is 9.89 Å². The van der Waals surface area contributed by atoms with E-state index in [2.05, 4.69) is 58.6 Å². The van der Waals surface area contributed by atoms with Gasteiger partial charge < -0.3 is 15.4 Å². The zero-order valence-corrected chi connectivity index (χ0v) is 16.3. The van der Waals surface area contributed by atoms with Crippen LogP contribution in [-0.4, -0.2) is 61.3 Å². The maximum Gasteiger partial charge on any atom is 0.191 e. The molecule has 2 rings (SSSR count). The van der Waals surface area contributed by atoms with Gasteiger partial charge in [-0.15, -0.1) is 11.3 Å². The van der Waals surface area contributed by atoms with Crippen molar-refractivity contribution in [1.29, 1.82) is 0 Å². The first kappa shape index (κ1) is 19.1. The Kier molecular flexibility index (Phi) is 7.45. The van der Waals surface area contributed by atoms with Crippen LogP contribution in [0, 0.1) is 0 Å². The van der Waals surface area contributed by atoms with Gasteiger partial charge in [0, 0.05) is 37.6 Å². The average molecular weight is 354 g/mol. The molecule has 7 heteroatoms. The molecule has 0 aromatic carbocycles. The minimum atomic E-state index is 0.440. The Morgan fingerprint density at radius 2 is 2.25 bits per heavy atom. The summed E-state index contributed by atoms with van der Waals surface area (Å²) in [6, 6.07) is 0.908. The van der Waals surface area contributed by atoms with Crippen LogP contribution in [0.3, 0.4) is 0 Å². The van der Waals surface area contributed by atoms with E-state index in [4.69, 9.17) is 4.74 Å². The number of hydrogen-bond acceptors (Lipinski definition) is 5. The molecule has 2 N–H and O–H groups in total. The molecule has 0 amide bonds. The molecule has 0 bridgehead atoms. The zero-order valence-electron chi connectivity index (χ0n) is 15.5.